The zero-order valence-corrected chi connectivity index (χ0v) is 14.1. The van der Waals surface area contributed by atoms with Crippen LogP contribution in [0, 0.1) is 5.82 Å². The molecule has 2 aromatic rings. The summed E-state index contributed by atoms with van der Waals surface area (Å²) >= 11 is 0. The van der Waals surface area contributed by atoms with Gasteiger partial charge in [-0.1, -0.05) is 37.3 Å². The SMILES string of the molecule is CCC(NC(=O)Cc1cc(F)ccc1OC)(C(=O)O)c1ccccc1. The third-order valence-electron chi connectivity index (χ3n) is 4.11. The number of methoxy groups -OCH3 is 1. The van der Waals surface area contributed by atoms with Crippen molar-refractivity contribution in [2.75, 3.05) is 7.11 Å². The van der Waals surface area contributed by atoms with Crippen molar-refractivity contribution in [3.63, 3.8) is 0 Å². The number of aliphatic carboxylic acids is 1. The van der Waals surface area contributed by atoms with Crippen LogP contribution in [0.3, 0.4) is 0 Å². The average Bonchev–Trinajstić information content (AvgIpc) is 2.60. The first kappa shape index (κ1) is 18.4. The molecule has 1 unspecified atom stereocenters. The lowest BCUT2D eigenvalue weighted by Gasteiger charge is -2.30. The Morgan fingerprint density at radius 2 is 1.88 bits per heavy atom. The van der Waals surface area contributed by atoms with Gasteiger partial charge in [0.25, 0.3) is 0 Å². The lowest BCUT2D eigenvalue weighted by atomic mass is 9.87. The monoisotopic (exact) mass is 345 g/mol. The zero-order chi connectivity index (χ0) is 18.4. The van der Waals surface area contributed by atoms with Crippen molar-refractivity contribution in [2.45, 2.75) is 25.3 Å². The molecule has 0 aliphatic carbocycles. The smallest absolute Gasteiger partial charge is 0.334 e. The molecule has 0 aromatic heterocycles. The number of carbonyl (C=O) groups is 2. The predicted molar refractivity (Wildman–Crippen MR) is 90.8 cm³/mol. The van der Waals surface area contributed by atoms with Gasteiger partial charge < -0.3 is 15.2 Å². The number of nitrogens with one attached hydrogen (secondary N) is 1. The number of carboxylic acid groups (broad SMARTS) is 1. The molecule has 5 nitrogen and oxygen atoms in total. The topological polar surface area (TPSA) is 75.6 Å². The van der Waals surface area contributed by atoms with Gasteiger partial charge >= 0.3 is 5.97 Å². The summed E-state index contributed by atoms with van der Waals surface area (Å²) in [5.74, 6) is -1.81. The fourth-order valence-electron chi connectivity index (χ4n) is 2.76. The quantitative estimate of drug-likeness (QED) is 0.809. The molecule has 0 aliphatic heterocycles. The van der Waals surface area contributed by atoms with Gasteiger partial charge in [-0.05, 0) is 30.2 Å². The Hall–Kier alpha value is -2.89. The molecule has 0 spiro atoms. The molecule has 0 fully saturated rings. The molecule has 1 amide bonds. The summed E-state index contributed by atoms with van der Waals surface area (Å²) in [4.78, 5) is 24.4. The molecule has 0 bridgehead atoms. The number of amides is 1. The van der Waals surface area contributed by atoms with E-state index in [9.17, 15) is 19.1 Å². The van der Waals surface area contributed by atoms with E-state index in [0.29, 0.717) is 16.9 Å². The summed E-state index contributed by atoms with van der Waals surface area (Å²) in [7, 11) is 1.42. The van der Waals surface area contributed by atoms with Crippen LogP contribution in [0.1, 0.15) is 24.5 Å². The van der Waals surface area contributed by atoms with E-state index in [0.717, 1.165) is 0 Å². The minimum Gasteiger partial charge on any atom is -0.496 e. The number of benzene rings is 2. The van der Waals surface area contributed by atoms with Gasteiger partial charge in [0.05, 0.1) is 13.5 Å². The van der Waals surface area contributed by atoms with E-state index >= 15 is 0 Å². The van der Waals surface area contributed by atoms with Crippen LogP contribution in [0.4, 0.5) is 4.39 Å². The van der Waals surface area contributed by atoms with E-state index in [1.54, 1.807) is 37.3 Å². The highest BCUT2D eigenvalue weighted by Crippen LogP contribution is 2.26. The van der Waals surface area contributed by atoms with Crippen molar-refractivity contribution in [3.05, 3.63) is 65.5 Å². The molecule has 6 heteroatoms. The maximum atomic E-state index is 13.4. The van der Waals surface area contributed by atoms with E-state index in [1.807, 2.05) is 0 Å². The van der Waals surface area contributed by atoms with Crippen LogP contribution in [0.25, 0.3) is 0 Å². The second kappa shape index (κ2) is 7.79. The molecule has 0 saturated heterocycles. The van der Waals surface area contributed by atoms with Crippen molar-refractivity contribution in [3.8, 4) is 5.75 Å². The third kappa shape index (κ3) is 3.96. The van der Waals surface area contributed by atoms with E-state index in [2.05, 4.69) is 5.32 Å². The highest BCUT2D eigenvalue weighted by atomic mass is 19.1. The van der Waals surface area contributed by atoms with Gasteiger partial charge in [0.2, 0.25) is 5.91 Å². The van der Waals surface area contributed by atoms with Gasteiger partial charge in [0.1, 0.15) is 11.6 Å². The maximum Gasteiger partial charge on any atom is 0.334 e. The fourth-order valence-corrected chi connectivity index (χ4v) is 2.76. The molecule has 0 saturated carbocycles. The van der Waals surface area contributed by atoms with Crippen LogP contribution in [-0.4, -0.2) is 24.1 Å². The van der Waals surface area contributed by atoms with Gasteiger partial charge in [-0.15, -0.1) is 0 Å². The van der Waals surface area contributed by atoms with Crippen LogP contribution in [0.2, 0.25) is 0 Å². The second-order valence-corrected chi connectivity index (χ2v) is 5.61. The first-order valence-corrected chi connectivity index (χ1v) is 7.85. The first-order valence-electron chi connectivity index (χ1n) is 7.85. The van der Waals surface area contributed by atoms with Crippen molar-refractivity contribution < 1.29 is 23.8 Å². The zero-order valence-electron chi connectivity index (χ0n) is 14.1. The van der Waals surface area contributed by atoms with Crippen molar-refractivity contribution >= 4 is 11.9 Å². The van der Waals surface area contributed by atoms with Crippen molar-refractivity contribution in [2.24, 2.45) is 0 Å². The Kier molecular flexibility index (Phi) is 5.75. The molecule has 132 valence electrons. The number of hydrogen-bond donors (Lipinski definition) is 2. The van der Waals surface area contributed by atoms with E-state index in [4.69, 9.17) is 4.74 Å². The standard InChI is InChI=1S/C19H20FNO4/c1-3-19(18(23)24,14-7-5-4-6-8-14)21-17(22)12-13-11-15(20)9-10-16(13)25-2/h4-11H,3,12H2,1-2H3,(H,21,22)(H,23,24). The van der Waals surface area contributed by atoms with E-state index < -0.39 is 23.2 Å². The van der Waals surface area contributed by atoms with Crippen LogP contribution in [0.15, 0.2) is 48.5 Å². The van der Waals surface area contributed by atoms with E-state index in [-0.39, 0.29) is 12.8 Å². The van der Waals surface area contributed by atoms with Gasteiger partial charge in [-0.2, -0.15) is 0 Å². The van der Waals surface area contributed by atoms with Crippen LogP contribution in [-0.2, 0) is 21.5 Å². The highest BCUT2D eigenvalue weighted by Gasteiger charge is 2.40. The number of carboxylic acids is 1. The second-order valence-electron chi connectivity index (χ2n) is 5.61. The normalized spacial score (nSPS) is 12.9. The highest BCUT2D eigenvalue weighted by molar-refractivity contribution is 5.89. The summed E-state index contributed by atoms with van der Waals surface area (Å²) in [6.45, 7) is 1.68. The third-order valence-corrected chi connectivity index (χ3v) is 4.11. The molecule has 0 heterocycles. The van der Waals surface area contributed by atoms with Gasteiger partial charge in [0.15, 0.2) is 5.54 Å². The lowest BCUT2D eigenvalue weighted by molar-refractivity contribution is -0.148. The molecule has 25 heavy (non-hydrogen) atoms. The molecular formula is C19H20FNO4. The number of ether oxygens (including phenoxy) is 1. The first-order chi connectivity index (χ1) is 11.9. The summed E-state index contributed by atoms with van der Waals surface area (Å²) < 4.78 is 18.6. The Morgan fingerprint density at radius 3 is 2.44 bits per heavy atom. The Balaban J connectivity index is 2.30. The molecule has 1 atom stereocenters. The summed E-state index contributed by atoms with van der Waals surface area (Å²) in [5, 5.41) is 12.3. The van der Waals surface area contributed by atoms with Crippen LogP contribution < -0.4 is 10.1 Å². The molecule has 2 rings (SSSR count). The minimum atomic E-state index is -1.54. The lowest BCUT2D eigenvalue weighted by Crippen LogP contribution is -2.52. The molecule has 0 radical (unpaired) electrons. The van der Waals surface area contributed by atoms with Crippen molar-refractivity contribution in [1.29, 1.82) is 0 Å². The Labute approximate surface area is 145 Å². The van der Waals surface area contributed by atoms with Gasteiger partial charge in [-0.25, -0.2) is 9.18 Å². The summed E-state index contributed by atoms with van der Waals surface area (Å²) in [6.07, 6.45) is -0.0266. The summed E-state index contributed by atoms with van der Waals surface area (Å²) in [6, 6.07) is 12.4. The molecular weight excluding hydrogens is 325 g/mol. The van der Waals surface area contributed by atoms with Crippen LogP contribution >= 0.6 is 0 Å². The largest absolute Gasteiger partial charge is 0.496 e. The average molecular weight is 345 g/mol. The fraction of sp³-hybridized carbons (Fsp3) is 0.263. The van der Waals surface area contributed by atoms with Crippen molar-refractivity contribution in [1.82, 2.24) is 5.32 Å². The van der Waals surface area contributed by atoms with Gasteiger partial charge in [0, 0.05) is 5.56 Å². The number of hydrogen-bond acceptors (Lipinski definition) is 3. The number of carbonyl (C=O) groups excluding carboxylic acids is 1. The predicted octanol–water partition coefficient (Wildman–Crippen LogP) is 2.88. The molecule has 2 aromatic carbocycles. The maximum absolute atomic E-state index is 13.4. The Bertz CT molecular complexity index is 763. The number of halogens is 1. The Morgan fingerprint density at radius 1 is 1.20 bits per heavy atom. The summed E-state index contributed by atoms with van der Waals surface area (Å²) in [5.41, 5.74) is -0.716. The van der Waals surface area contributed by atoms with Gasteiger partial charge in [-0.3, -0.25) is 4.79 Å². The van der Waals surface area contributed by atoms with Crippen LogP contribution in [0.5, 0.6) is 5.75 Å². The number of rotatable bonds is 7. The van der Waals surface area contributed by atoms with E-state index in [1.165, 1.54) is 25.3 Å². The molecule has 2 N–H and O–H groups in total. The minimum absolute atomic E-state index is 0.165. The molecule has 0 aliphatic rings.